The largest absolute Gasteiger partial charge is 0.305 e. The quantitative estimate of drug-likeness (QED) is 0.0952. The molecule has 10 heteroatoms. The maximum absolute atomic E-state index is 4.52. The van der Waals surface area contributed by atoms with Crippen molar-refractivity contribution in [2.24, 2.45) is 11.8 Å². The van der Waals surface area contributed by atoms with Crippen LogP contribution in [0.2, 0.25) is 0 Å². The predicted octanol–water partition coefficient (Wildman–Crippen LogP) is 25.8. The van der Waals surface area contributed by atoms with E-state index >= 15 is 0 Å². The Kier molecular flexibility index (Phi) is 37.9. The summed E-state index contributed by atoms with van der Waals surface area (Å²) >= 11 is 0. The fourth-order valence-electron chi connectivity index (χ4n) is 11.9. The third-order valence-corrected chi connectivity index (χ3v) is 17.3. The van der Waals surface area contributed by atoms with E-state index in [1.54, 1.807) is 12.4 Å². The van der Waals surface area contributed by atoms with Crippen molar-refractivity contribution < 1.29 is 80.4 Å². The van der Waals surface area contributed by atoms with Gasteiger partial charge in [-0.25, -0.2) is 0 Å². The van der Waals surface area contributed by atoms with Gasteiger partial charge in [0.15, 0.2) is 0 Å². The van der Waals surface area contributed by atoms with Gasteiger partial charge in [-0.15, -0.1) is 213 Å². The second-order valence-electron chi connectivity index (χ2n) is 27.1. The van der Waals surface area contributed by atoms with Crippen LogP contribution in [-0.2, 0) is 93.3 Å². The van der Waals surface area contributed by atoms with Crippen LogP contribution in [0.15, 0.2) is 365 Å². The number of aryl methyl sites for hydroxylation is 1. The number of rotatable bonds is 15. The molecule has 112 heavy (non-hydrogen) atoms. The second kappa shape index (κ2) is 47.8. The van der Waals surface area contributed by atoms with Crippen LogP contribution < -0.4 is 0 Å². The van der Waals surface area contributed by atoms with E-state index in [-0.39, 0.29) is 80.4 Å². The van der Waals surface area contributed by atoms with Crippen molar-refractivity contribution in [2.75, 3.05) is 0 Å². The maximum Gasteiger partial charge on any atom is 0.0163 e. The summed E-state index contributed by atoms with van der Waals surface area (Å²) in [7, 11) is 0. The van der Waals surface area contributed by atoms with Crippen molar-refractivity contribution in [1.29, 1.82) is 0 Å². The van der Waals surface area contributed by atoms with Gasteiger partial charge in [-0.3, -0.25) is 0 Å². The van der Waals surface area contributed by atoms with Crippen LogP contribution in [0.3, 0.4) is 0 Å². The van der Waals surface area contributed by atoms with Gasteiger partial charge in [0.05, 0.1) is 0 Å². The molecule has 0 aliphatic heterocycles. The van der Waals surface area contributed by atoms with E-state index in [0.29, 0.717) is 17.8 Å². The molecule has 16 rings (SSSR count). The summed E-state index contributed by atoms with van der Waals surface area (Å²) < 4.78 is 0. The maximum atomic E-state index is 4.52. The van der Waals surface area contributed by atoms with Crippen LogP contribution in [0.25, 0.3) is 112 Å². The molecule has 0 aliphatic rings. The van der Waals surface area contributed by atoms with Gasteiger partial charge < -0.3 is 29.9 Å². The van der Waals surface area contributed by atoms with Crippen molar-refractivity contribution in [2.45, 2.75) is 67.2 Å². The topological polar surface area (TPSA) is 77.3 Å². The standard InChI is InChI=1S/2C21H20N.C20H18N.C18H14N.2C11H8N.4Ir/c2*1-16(2)13-17-11-12-22-21(14-17)20-10-6-9-19(15-20)18-7-4-3-5-8-18;1-15(2)17-11-12-21-20(14-17)19-10-6-9-18(13-19)16-7-4-3-5-8-16;1-14-10-11-19-18(12-14)17-9-5-8-16(13-17)15-6-3-2-4-7-15;2*1-2-6-10(7-3-1)11-8-4-5-9-12-11;;;;/h2*3-9,11-12,14-16H,13H2,1-2H3;3-9,11-15H,1-2H3;2-8,10-13H,1H3;2*1-6,8-9H;;;;/q6*-1;;;;. The Hall–Kier alpha value is -10.3. The Bertz CT molecular complexity index is 5030. The van der Waals surface area contributed by atoms with E-state index in [1.165, 1.54) is 66.8 Å². The molecule has 0 aliphatic carbocycles. The van der Waals surface area contributed by atoms with Crippen molar-refractivity contribution in [3.8, 4) is 112 Å². The zero-order valence-electron chi connectivity index (χ0n) is 63.8. The summed E-state index contributed by atoms with van der Waals surface area (Å²) in [4.78, 5) is 26.4. The minimum absolute atomic E-state index is 0. The van der Waals surface area contributed by atoms with Gasteiger partial charge in [0.1, 0.15) is 0 Å². The molecular weight excluding hydrogens is 2080 g/mol. The molecule has 0 unspecified atom stereocenters. The molecule has 0 N–H and O–H groups in total. The molecule has 0 saturated heterocycles. The minimum Gasteiger partial charge on any atom is -0.305 e. The summed E-state index contributed by atoms with van der Waals surface area (Å²) in [5.41, 5.74) is 27.0. The average molecular weight is 2170 g/mol. The molecule has 0 atom stereocenters. The predicted molar refractivity (Wildman–Crippen MR) is 449 cm³/mol. The summed E-state index contributed by atoms with van der Waals surface area (Å²) in [5.74, 6) is 1.80. The molecule has 0 amide bonds. The molecule has 6 nitrogen and oxygen atoms in total. The number of hydrogen-bond donors (Lipinski definition) is 0. The van der Waals surface area contributed by atoms with Gasteiger partial charge in [0, 0.05) is 118 Å². The molecule has 6 heterocycles. The SMILES string of the molecule is CC(C)Cc1ccnc(-c2[c-]ccc(-c3ccccc3)c2)c1.CC(C)Cc1ccnc(-c2[c-]ccc(-c3ccccc3)c2)c1.CC(C)c1ccnc(-c2[c-]ccc(-c3ccccc3)c2)c1.Cc1ccnc(-c2[c-]ccc(-c3ccccc3)c2)c1.[Ir].[Ir].[Ir].[Ir].[c-]1ccccc1-c1ccccn1.[c-]1ccccc1-c1ccccn1. The van der Waals surface area contributed by atoms with Gasteiger partial charge in [0.2, 0.25) is 0 Å². The fraction of sp³-hybridized carbons (Fsp3) is 0.118. The van der Waals surface area contributed by atoms with Gasteiger partial charge in [-0.05, 0) is 130 Å². The van der Waals surface area contributed by atoms with Crippen LogP contribution in [0.1, 0.15) is 69.7 Å². The van der Waals surface area contributed by atoms with Crippen molar-refractivity contribution in [1.82, 2.24) is 29.9 Å². The van der Waals surface area contributed by atoms with Crippen LogP contribution >= 0.6 is 0 Å². The molecule has 6 aromatic heterocycles. The Morgan fingerprint density at radius 2 is 0.527 bits per heavy atom. The summed E-state index contributed by atoms with van der Waals surface area (Å²) in [6.07, 6.45) is 13.3. The number of nitrogens with zero attached hydrogens (tertiary/aromatic N) is 6. The van der Waals surface area contributed by atoms with E-state index in [0.717, 1.165) is 80.4 Å². The third kappa shape index (κ3) is 28.2. The van der Waals surface area contributed by atoms with Gasteiger partial charge in [0.25, 0.3) is 0 Å². The second-order valence-corrected chi connectivity index (χ2v) is 27.1. The smallest absolute Gasteiger partial charge is 0.0163 e. The monoisotopic (exact) mass is 2170 g/mol. The molecule has 0 spiro atoms. The van der Waals surface area contributed by atoms with Crippen LogP contribution in [0.5, 0.6) is 0 Å². The summed E-state index contributed by atoms with van der Waals surface area (Å²) in [6, 6.07) is 130. The Balaban J connectivity index is 0.000000188. The molecule has 568 valence electrons. The molecule has 4 radical (unpaired) electrons. The van der Waals surface area contributed by atoms with Crippen molar-refractivity contribution in [3.05, 3.63) is 423 Å². The number of pyridine rings is 6. The Morgan fingerprint density at radius 1 is 0.232 bits per heavy atom. The zero-order valence-corrected chi connectivity index (χ0v) is 73.4. The normalized spacial score (nSPS) is 10.1. The Morgan fingerprint density at radius 3 is 0.830 bits per heavy atom. The Labute approximate surface area is 718 Å². The van der Waals surface area contributed by atoms with Crippen molar-refractivity contribution >= 4 is 0 Å². The van der Waals surface area contributed by atoms with E-state index in [1.807, 2.05) is 164 Å². The molecule has 16 aromatic rings. The average Bonchev–Trinajstić information content (AvgIpc) is 0.834. The molecule has 0 saturated carbocycles. The van der Waals surface area contributed by atoms with Gasteiger partial charge in [-0.1, -0.05) is 234 Å². The molecule has 0 bridgehead atoms. The van der Waals surface area contributed by atoms with Crippen LogP contribution in [0, 0.1) is 55.2 Å². The van der Waals surface area contributed by atoms with Crippen molar-refractivity contribution in [3.63, 3.8) is 0 Å². The van der Waals surface area contributed by atoms with Gasteiger partial charge in [-0.2, -0.15) is 0 Å². The van der Waals surface area contributed by atoms with E-state index in [4.69, 9.17) is 0 Å². The first-order chi connectivity index (χ1) is 52.9. The van der Waals surface area contributed by atoms with Crippen LogP contribution in [0.4, 0.5) is 0 Å². The first-order valence-electron chi connectivity index (χ1n) is 36.8. The summed E-state index contributed by atoms with van der Waals surface area (Å²) in [6.45, 7) is 15.4. The molecule has 0 fully saturated rings. The minimum atomic E-state index is 0. The van der Waals surface area contributed by atoms with Crippen LogP contribution in [-0.4, -0.2) is 29.9 Å². The molecule has 10 aromatic carbocycles. The van der Waals surface area contributed by atoms with Gasteiger partial charge >= 0.3 is 0 Å². The fourth-order valence-corrected chi connectivity index (χ4v) is 11.9. The first kappa shape index (κ1) is 88.9. The zero-order chi connectivity index (χ0) is 74.9. The van der Waals surface area contributed by atoms with E-state index in [9.17, 15) is 0 Å². The van der Waals surface area contributed by atoms with E-state index in [2.05, 4.69) is 303 Å². The van der Waals surface area contributed by atoms with E-state index < -0.39 is 0 Å². The number of hydrogen-bond acceptors (Lipinski definition) is 6. The first-order valence-corrected chi connectivity index (χ1v) is 36.8. The number of aromatic nitrogens is 6. The molecular formula is C102H88Ir4N6-6. The number of benzene rings is 10. The summed E-state index contributed by atoms with van der Waals surface area (Å²) in [5, 5.41) is 0. The third-order valence-electron chi connectivity index (χ3n) is 17.3.